The Kier molecular flexibility index (Phi) is 5.18. The molecule has 0 aliphatic carbocycles. The number of hydrogen-bond donors (Lipinski definition) is 1. The van der Waals surface area contributed by atoms with E-state index in [0.29, 0.717) is 23.8 Å². The molecule has 2 aromatic rings. The van der Waals surface area contributed by atoms with Crippen molar-refractivity contribution in [3.8, 4) is 5.75 Å². The van der Waals surface area contributed by atoms with Crippen LogP contribution in [0.3, 0.4) is 0 Å². The van der Waals surface area contributed by atoms with Crippen LogP contribution in [0.4, 0.5) is 5.69 Å². The molecule has 1 atom stereocenters. The molecule has 0 spiro atoms. The lowest BCUT2D eigenvalue weighted by Gasteiger charge is -2.08. The van der Waals surface area contributed by atoms with E-state index in [2.05, 4.69) is 0 Å². The number of para-hydroxylation sites is 2. The van der Waals surface area contributed by atoms with Crippen LogP contribution in [0, 0.1) is 6.92 Å². The molecule has 0 saturated carbocycles. The first-order valence-corrected chi connectivity index (χ1v) is 7.91. The fourth-order valence-corrected chi connectivity index (χ4v) is 2.85. The van der Waals surface area contributed by atoms with Gasteiger partial charge in [-0.15, -0.1) is 0 Å². The molecular formula is C16H19NO2S. The summed E-state index contributed by atoms with van der Waals surface area (Å²) >= 11 is 0. The van der Waals surface area contributed by atoms with Gasteiger partial charge in [0.2, 0.25) is 0 Å². The quantitative estimate of drug-likeness (QED) is 0.656. The Hall–Kier alpha value is -1.81. The number of nitrogen functional groups attached to an aromatic ring is 1. The van der Waals surface area contributed by atoms with E-state index in [4.69, 9.17) is 10.5 Å². The molecule has 0 aliphatic heterocycles. The van der Waals surface area contributed by atoms with Gasteiger partial charge in [-0.25, -0.2) is 0 Å². The molecule has 2 N–H and O–H groups in total. The number of aryl methyl sites for hydroxylation is 1. The molecule has 0 radical (unpaired) electrons. The average molecular weight is 289 g/mol. The van der Waals surface area contributed by atoms with Gasteiger partial charge >= 0.3 is 0 Å². The van der Waals surface area contributed by atoms with Gasteiger partial charge in [-0.2, -0.15) is 0 Å². The molecule has 0 aromatic heterocycles. The van der Waals surface area contributed by atoms with E-state index in [9.17, 15) is 4.21 Å². The maximum absolute atomic E-state index is 12.1. The van der Waals surface area contributed by atoms with Crippen LogP contribution >= 0.6 is 0 Å². The lowest BCUT2D eigenvalue weighted by molar-refractivity contribution is 0.320. The topological polar surface area (TPSA) is 52.3 Å². The van der Waals surface area contributed by atoms with Gasteiger partial charge in [-0.3, -0.25) is 4.21 Å². The van der Waals surface area contributed by atoms with Crippen molar-refractivity contribution in [1.82, 2.24) is 0 Å². The minimum atomic E-state index is -0.966. The van der Waals surface area contributed by atoms with E-state index < -0.39 is 10.8 Å². The van der Waals surface area contributed by atoms with Gasteiger partial charge in [0.1, 0.15) is 5.75 Å². The highest BCUT2D eigenvalue weighted by atomic mass is 32.2. The van der Waals surface area contributed by atoms with Gasteiger partial charge in [0.15, 0.2) is 0 Å². The molecule has 0 heterocycles. The molecule has 4 heteroatoms. The average Bonchev–Trinajstić information content (AvgIpc) is 2.46. The lowest BCUT2D eigenvalue weighted by Crippen LogP contribution is -2.06. The summed E-state index contributed by atoms with van der Waals surface area (Å²) in [6, 6.07) is 15.2. The predicted molar refractivity (Wildman–Crippen MR) is 83.4 cm³/mol. The minimum Gasteiger partial charge on any atom is -0.491 e. The Balaban J connectivity index is 1.77. The summed E-state index contributed by atoms with van der Waals surface area (Å²) in [7, 11) is -0.966. The fourth-order valence-electron chi connectivity index (χ4n) is 1.79. The highest BCUT2D eigenvalue weighted by Gasteiger charge is 2.04. The van der Waals surface area contributed by atoms with E-state index in [0.717, 1.165) is 11.3 Å². The zero-order chi connectivity index (χ0) is 14.4. The first kappa shape index (κ1) is 14.6. The normalized spacial score (nSPS) is 12.1. The third-order valence-electron chi connectivity index (χ3n) is 2.93. The molecule has 0 saturated heterocycles. The molecule has 0 bridgehead atoms. The summed E-state index contributed by atoms with van der Waals surface area (Å²) in [6.07, 6.45) is 0.731. The highest BCUT2D eigenvalue weighted by Crippen LogP contribution is 2.19. The van der Waals surface area contributed by atoms with Crippen LogP contribution in [0.1, 0.15) is 12.0 Å². The van der Waals surface area contributed by atoms with Crippen LogP contribution in [0.5, 0.6) is 5.75 Å². The molecule has 0 amide bonds. The summed E-state index contributed by atoms with van der Waals surface area (Å²) in [5.74, 6) is 1.28. The molecule has 3 nitrogen and oxygen atoms in total. The Labute approximate surface area is 122 Å². The van der Waals surface area contributed by atoms with Crippen molar-refractivity contribution in [3.63, 3.8) is 0 Å². The predicted octanol–water partition coefficient (Wildman–Crippen LogP) is 3.15. The summed E-state index contributed by atoms with van der Waals surface area (Å²) in [6.45, 7) is 2.54. The van der Waals surface area contributed by atoms with E-state index in [1.54, 1.807) is 6.07 Å². The third-order valence-corrected chi connectivity index (χ3v) is 4.39. The van der Waals surface area contributed by atoms with Gasteiger partial charge < -0.3 is 10.5 Å². The van der Waals surface area contributed by atoms with Crippen LogP contribution in [-0.2, 0) is 10.8 Å². The van der Waals surface area contributed by atoms with Crippen LogP contribution in [0.15, 0.2) is 53.4 Å². The number of rotatable bonds is 6. The highest BCUT2D eigenvalue weighted by molar-refractivity contribution is 7.85. The molecule has 2 aromatic carbocycles. The molecular weight excluding hydrogens is 270 g/mol. The number of nitrogens with two attached hydrogens (primary N) is 1. The van der Waals surface area contributed by atoms with Crippen LogP contribution in [0.2, 0.25) is 0 Å². The Morgan fingerprint density at radius 1 is 1.10 bits per heavy atom. The summed E-state index contributed by atoms with van der Waals surface area (Å²) in [5.41, 5.74) is 7.59. The molecule has 106 valence electrons. The molecule has 0 aliphatic rings. The van der Waals surface area contributed by atoms with E-state index in [1.807, 2.05) is 49.4 Å². The smallest absolute Gasteiger partial charge is 0.142 e. The summed E-state index contributed by atoms with van der Waals surface area (Å²) in [4.78, 5) is 0.870. The van der Waals surface area contributed by atoms with Crippen molar-refractivity contribution < 1.29 is 8.95 Å². The Morgan fingerprint density at radius 2 is 1.80 bits per heavy atom. The zero-order valence-corrected chi connectivity index (χ0v) is 12.4. The molecule has 1 unspecified atom stereocenters. The standard InChI is InChI=1S/C16H19NO2S/c1-13-7-9-14(10-8-13)20(18)12-4-11-19-16-6-3-2-5-15(16)17/h2-3,5-10H,4,11-12,17H2,1H3. The maximum Gasteiger partial charge on any atom is 0.142 e. The van der Waals surface area contributed by atoms with Crippen molar-refractivity contribution in [2.75, 3.05) is 18.1 Å². The van der Waals surface area contributed by atoms with Gasteiger partial charge in [0, 0.05) is 10.6 Å². The second kappa shape index (κ2) is 7.10. The third kappa shape index (κ3) is 4.10. The van der Waals surface area contributed by atoms with Crippen molar-refractivity contribution in [1.29, 1.82) is 0 Å². The van der Waals surface area contributed by atoms with Crippen molar-refractivity contribution in [3.05, 3.63) is 54.1 Å². The van der Waals surface area contributed by atoms with E-state index >= 15 is 0 Å². The van der Waals surface area contributed by atoms with Gasteiger partial charge in [-0.05, 0) is 37.6 Å². The Morgan fingerprint density at radius 3 is 2.50 bits per heavy atom. The van der Waals surface area contributed by atoms with Crippen LogP contribution in [-0.4, -0.2) is 16.6 Å². The Bertz CT molecular complexity index is 581. The monoisotopic (exact) mass is 289 g/mol. The number of anilines is 1. The van der Waals surface area contributed by atoms with Crippen molar-refractivity contribution in [2.24, 2.45) is 0 Å². The fraction of sp³-hybridized carbons (Fsp3) is 0.250. The number of benzene rings is 2. The maximum atomic E-state index is 12.1. The number of ether oxygens (including phenoxy) is 1. The van der Waals surface area contributed by atoms with Crippen LogP contribution < -0.4 is 10.5 Å². The van der Waals surface area contributed by atoms with Gasteiger partial charge in [0.05, 0.1) is 23.1 Å². The first-order chi connectivity index (χ1) is 9.66. The second-order valence-electron chi connectivity index (χ2n) is 4.60. The van der Waals surface area contributed by atoms with E-state index in [-0.39, 0.29) is 0 Å². The molecule has 0 fully saturated rings. The first-order valence-electron chi connectivity index (χ1n) is 6.59. The zero-order valence-electron chi connectivity index (χ0n) is 11.5. The summed E-state index contributed by atoms with van der Waals surface area (Å²) in [5, 5.41) is 0. The second-order valence-corrected chi connectivity index (χ2v) is 6.17. The van der Waals surface area contributed by atoms with Crippen molar-refractivity contribution >= 4 is 16.5 Å². The van der Waals surface area contributed by atoms with Crippen LogP contribution in [0.25, 0.3) is 0 Å². The van der Waals surface area contributed by atoms with E-state index in [1.165, 1.54) is 5.56 Å². The van der Waals surface area contributed by atoms with Gasteiger partial charge in [0.25, 0.3) is 0 Å². The molecule has 20 heavy (non-hydrogen) atoms. The number of hydrogen-bond acceptors (Lipinski definition) is 3. The SMILES string of the molecule is Cc1ccc(S(=O)CCCOc2ccccc2N)cc1. The molecule has 2 rings (SSSR count). The minimum absolute atomic E-state index is 0.520. The van der Waals surface area contributed by atoms with Crippen molar-refractivity contribution in [2.45, 2.75) is 18.2 Å². The van der Waals surface area contributed by atoms with Gasteiger partial charge in [-0.1, -0.05) is 29.8 Å². The summed E-state index contributed by atoms with van der Waals surface area (Å²) < 4.78 is 17.6. The lowest BCUT2D eigenvalue weighted by atomic mass is 10.2. The largest absolute Gasteiger partial charge is 0.491 e.